The number of nitrogens with one attached hydrogen (secondary N) is 1. The van der Waals surface area contributed by atoms with Crippen LogP contribution in [0.2, 0.25) is 0 Å². The minimum Gasteiger partial charge on any atom is -0.496 e. The topological polar surface area (TPSA) is 103 Å². The minimum atomic E-state index is -0.565. The van der Waals surface area contributed by atoms with Gasteiger partial charge in [0, 0.05) is 15.6 Å². The Morgan fingerprint density at radius 2 is 1.81 bits per heavy atom. The lowest BCUT2D eigenvalue weighted by Gasteiger charge is -2.12. The summed E-state index contributed by atoms with van der Waals surface area (Å²) in [5, 5.41) is 4.01. The van der Waals surface area contributed by atoms with Crippen LogP contribution in [0, 0.1) is 0 Å². The first kappa shape index (κ1) is 22.0. The summed E-state index contributed by atoms with van der Waals surface area (Å²) in [7, 11) is 1.56. The first-order chi connectivity index (χ1) is 15.0. The maximum absolute atomic E-state index is 12.1. The number of hydrogen-bond acceptors (Lipinski definition) is 5. The van der Waals surface area contributed by atoms with E-state index in [0.29, 0.717) is 22.6 Å². The SMILES string of the molecule is COc1ccc(C=NNC(=O)c2ccc(Br)cc2)cc1COc1ccccc1C(N)=O. The summed E-state index contributed by atoms with van der Waals surface area (Å²) in [5.74, 6) is 0.124. The summed E-state index contributed by atoms with van der Waals surface area (Å²) >= 11 is 3.33. The number of carbonyl (C=O) groups excluding carboxylic acids is 2. The Kier molecular flexibility index (Phi) is 7.40. The van der Waals surface area contributed by atoms with Gasteiger partial charge < -0.3 is 15.2 Å². The van der Waals surface area contributed by atoms with Crippen LogP contribution in [0.4, 0.5) is 0 Å². The van der Waals surface area contributed by atoms with E-state index in [2.05, 4.69) is 26.5 Å². The molecule has 0 bridgehead atoms. The molecule has 0 spiro atoms. The first-order valence-corrected chi connectivity index (χ1v) is 10.0. The van der Waals surface area contributed by atoms with E-state index >= 15 is 0 Å². The number of para-hydroxylation sites is 1. The third-order valence-electron chi connectivity index (χ3n) is 4.33. The number of nitrogens with zero attached hydrogens (tertiary/aromatic N) is 1. The van der Waals surface area contributed by atoms with E-state index in [1.165, 1.54) is 6.21 Å². The van der Waals surface area contributed by atoms with E-state index in [1.54, 1.807) is 67.8 Å². The molecule has 0 aliphatic rings. The van der Waals surface area contributed by atoms with E-state index < -0.39 is 5.91 Å². The third kappa shape index (κ3) is 5.93. The Bertz CT molecular complexity index is 1110. The van der Waals surface area contributed by atoms with Gasteiger partial charge in [-0.25, -0.2) is 5.43 Å². The number of hydrazone groups is 1. The number of hydrogen-bond donors (Lipinski definition) is 2. The van der Waals surface area contributed by atoms with E-state index in [9.17, 15) is 9.59 Å². The van der Waals surface area contributed by atoms with Crippen LogP contribution in [0.5, 0.6) is 11.5 Å². The number of benzene rings is 3. The summed E-state index contributed by atoms with van der Waals surface area (Å²) in [6.45, 7) is 0.153. The van der Waals surface area contributed by atoms with Gasteiger partial charge >= 0.3 is 0 Å². The molecule has 0 unspecified atom stereocenters. The molecule has 0 saturated carbocycles. The highest BCUT2D eigenvalue weighted by atomic mass is 79.9. The quantitative estimate of drug-likeness (QED) is 0.376. The first-order valence-electron chi connectivity index (χ1n) is 9.25. The van der Waals surface area contributed by atoms with Gasteiger partial charge in [0.2, 0.25) is 0 Å². The van der Waals surface area contributed by atoms with Crippen molar-refractivity contribution >= 4 is 34.0 Å². The summed E-state index contributed by atoms with van der Waals surface area (Å²) in [5.41, 5.74) is 10.2. The number of halogens is 1. The van der Waals surface area contributed by atoms with Crippen LogP contribution in [0.25, 0.3) is 0 Å². The van der Waals surface area contributed by atoms with Gasteiger partial charge in [0.25, 0.3) is 11.8 Å². The summed E-state index contributed by atoms with van der Waals surface area (Å²) in [6, 6.07) is 19.1. The molecule has 0 aromatic heterocycles. The average molecular weight is 482 g/mol. The van der Waals surface area contributed by atoms with Crippen molar-refractivity contribution in [1.82, 2.24) is 5.43 Å². The van der Waals surface area contributed by atoms with E-state index in [0.717, 1.165) is 15.6 Å². The van der Waals surface area contributed by atoms with Gasteiger partial charge in [-0.05, 0) is 60.2 Å². The zero-order valence-electron chi connectivity index (χ0n) is 16.7. The molecular formula is C23H20BrN3O4. The van der Waals surface area contributed by atoms with Gasteiger partial charge in [-0.2, -0.15) is 5.10 Å². The second-order valence-corrected chi connectivity index (χ2v) is 7.34. The van der Waals surface area contributed by atoms with Crippen molar-refractivity contribution in [3.63, 3.8) is 0 Å². The van der Waals surface area contributed by atoms with Gasteiger partial charge in [0.15, 0.2) is 0 Å². The molecule has 0 atom stereocenters. The molecule has 0 saturated heterocycles. The van der Waals surface area contributed by atoms with Crippen molar-refractivity contribution in [3.05, 3.63) is 93.5 Å². The van der Waals surface area contributed by atoms with Gasteiger partial charge in [-0.1, -0.05) is 28.1 Å². The van der Waals surface area contributed by atoms with Crippen molar-refractivity contribution < 1.29 is 19.1 Å². The largest absolute Gasteiger partial charge is 0.496 e. The monoisotopic (exact) mass is 481 g/mol. The Labute approximate surface area is 188 Å². The maximum atomic E-state index is 12.1. The van der Waals surface area contributed by atoms with Crippen LogP contribution >= 0.6 is 15.9 Å². The summed E-state index contributed by atoms with van der Waals surface area (Å²) < 4.78 is 12.1. The van der Waals surface area contributed by atoms with Crippen LogP contribution in [-0.2, 0) is 6.61 Å². The molecule has 3 aromatic rings. The van der Waals surface area contributed by atoms with Crippen molar-refractivity contribution in [2.75, 3.05) is 7.11 Å². The predicted octanol–water partition coefficient (Wildman–Crippen LogP) is 3.90. The summed E-state index contributed by atoms with van der Waals surface area (Å²) in [6.07, 6.45) is 1.52. The van der Waals surface area contributed by atoms with E-state index in [4.69, 9.17) is 15.2 Å². The second-order valence-electron chi connectivity index (χ2n) is 6.43. The zero-order valence-corrected chi connectivity index (χ0v) is 18.3. The van der Waals surface area contributed by atoms with Crippen LogP contribution < -0.4 is 20.6 Å². The second kappa shape index (κ2) is 10.4. The number of primary amides is 1. The molecule has 3 aromatic carbocycles. The maximum Gasteiger partial charge on any atom is 0.271 e. The highest BCUT2D eigenvalue weighted by Crippen LogP contribution is 2.24. The molecule has 2 amide bonds. The fraction of sp³-hybridized carbons (Fsp3) is 0.0870. The Morgan fingerprint density at radius 3 is 2.52 bits per heavy atom. The number of amides is 2. The number of rotatable bonds is 8. The zero-order chi connectivity index (χ0) is 22.2. The van der Waals surface area contributed by atoms with Crippen LogP contribution in [0.1, 0.15) is 31.8 Å². The Morgan fingerprint density at radius 1 is 1.06 bits per heavy atom. The lowest BCUT2D eigenvalue weighted by molar-refractivity contribution is 0.0953. The van der Waals surface area contributed by atoms with Crippen LogP contribution in [-0.4, -0.2) is 25.1 Å². The molecule has 3 N–H and O–H groups in total. The number of carbonyl (C=O) groups is 2. The minimum absolute atomic E-state index is 0.153. The van der Waals surface area contributed by atoms with Crippen molar-refractivity contribution in [1.29, 1.82) is 0 Å². The molecule has 158 valence electrons. The van der Waals surface area contributed by atoms with Crippen LogP contribution in [0.3, 0.4) is 0 Å². The van der Waals surface area contributed by atoms with E-state index in [1.807, 2.05) is 6.07 Å². The van der Waals surface area contributed by atoms with Gasteiger partial charge in [0.1, 0.15) is 18.1 Å². The number of methoxy groups -OCH3 is 1. The molecule has 0 aliphatic heterocycles. The molecule has 0 radical (unpaired) electrons. The fourth-order valence-corrected chi connectivity index (χ4v) is 3.04. The summed E-state index contributed by atoms with van der Waals surface area (Å²) in [4.78, 5) is 23.7. The molecule has 7 nitrogen and oxygen atoms in total. The van der Waals surface area contributed by atoms with Crippen molar-refractivity contribution in [2.24, 2.45) is 10.8 Å². The van der Waals surface area contributed by atoms with Gasteiger partial charge in [-0.3, -0.25) is 9.59 Å². The van der Waals surface area contributed by atoms with Gasteiger partial charge in [-0.15, -0.1) is 0 Å². The van der Waals surface area contributed by atoms with Crippen molar-refractivity contribution in [2.45, 2.75) is 6.61 Å². The molecule has 31 heavy (non-hydrogen) atoms. The molecular weight excluding hydrogens is 462 g/mol. The normalized spacial score (nSPS) is 10.6. The van der Waals surface area contributed by atoms with E-state index in [-0.39, 0.29) is 12.5 Å². The highest BCUT2D eigenvalue weighted by Gasteiger charge is 2.11. The van der Waals surface area contributed by atoms with Gasteiger partial charge in [0.05, 0.1) is 18.9 Å². The predicted molar refractivity (Wildman–Crippen MR) is 121 cm³/mol. The highest BCUT2D eigenvalue weighted by molar-refractivity contribution is 9.10. The van der Waals surface area contributed by atoms with Crippen LogP contribution in [0.15, 0.2) is 76.3 Å². The molecule has 0 fully saturated rings. The fourth-order valence-electron chi connectivity index (χ4n) is 2.77. The lowest BCUT2D eigenvalue weighted by Crippen LogP contribution is -2.17. The smallest absolute Gasteiger partial charge is 0.271 e. The molecule has 3 rings (SSSR count). The lowest BCUT2D eigenvalue weighted by atomic mass is 10.1. The molecule has 0 heterocycles. The molecule has 0 aliphatic carbocycles. The number of ether oxygens (including phenoxy) is 2. The van der Waals surface area contributed by atoms with Crippen molar-refractivity contribution in [3.8, 4) is 11.5 Å². The molecule has 8 heteroatoms. The average Bonchev–Trinajstić information content (AvgIpc) is 2.78. The number of nitrogens with two attached hydrogens (primary N) is 1. The Balaban J connectivity index is 1.70. The Hall–Kier alpha value is -3.65. The third-order valence-corrected chi connectivity index (χ3v) is 4.85. The standard InChI is InChI=1S/C23H20BrN3O4/c1-30-20-11-6-15(13-26-27-23(29)16-7-9-18(24)10-8-16)12-17(20)14-31-21-5-3-2-4-19(21)22(25)28/h2-13H,14H2,1H3,(H2,25,28)(H,27,29).